The maximum absolute atomic E-state index is 14.1. The van der Waals surface area contributed by atoms with E-state index in [9.17, 15) is 16.8 Å². The number of benzene rings is 5. The van der Waals surface area contributed by atoms with Crippen LogP contribution < -0.4 is 10.3 Å². The summed E-state index contributed by atoms with van der Waals surface area (Å²) in [6.45, 7) is 0. The Kier molecular flexibility index (Phi) is 5.30. The van der Waals surface area contributed by atoms with Crippen LogP contribution in [0.4, 0.5) is 5.82 Å². The number of hydrazine groups is 1. The minimum absolute atomic E-state index is 0.0270. The van der Waals surface area contributed by atoms with Gasteiger partial charge in [0, 0.05) is 16.3 Å². The Morgan fingerprint density at radius 2 is 1.24 bits per heavy atom. The third-order valence-electron chi connectivity index (χ3n) is 6.45. The number of H-pyrrole nitrogens is 1. The molecule has 1 aromatic heterocycles. The molecular formula is C28H21N3O4S2. The third-order valence-corrected chi connectivity index (χ3v) is 9.88. The number of aromatic nitrogens is 1. The number of hydrogen-bond acceptors (Lipinski definition) is 5. The third kappa shape index (κ3) is 3.67. The maximum Gasteiger partial charge on any atom is 0.279 e. The lowest BCUT2D eigenvalue weighted by molar-refractivity contribution is 0.591. The summed E-state index contributed by atoms with van der Waals surface area (Å²) in [4.78, 5) is 2.75. The first-order valence-corrected chi connectivity index (χ1v) is 14.3. The summed E-state index contributed by atoms with van der Waals surface area (Å²) >= 11 is 0. The number of nitrogens with two attached hydrogens (primary N) is 1. The second-order valence-electron chi connectivity index (χ2n) is 8.64. The zero-order chi connectivity index (χ0) is 25.8. The molecule has 0 fully saturated rings. The van der Waals surface area contributed by atoms with Crippen LogP contribution in [0, 0.1) is 0 Å². The van der Waals surface area contributed by atoms with E-state index in [1.165, 1.54) is 12.1 Å². The van der Waals surface area contributed by atoms with E-state index < -0.39 is 19.9 Å². The lowest BCUT2D eigenvalue weighted by atomic mass is 10.1. The van der Waals surface area contributed by atoms with E-state index in [4.69, 9.17) is 5.84 Å². The highest BCUT2D eigenvalue weighted by molar-refractivity contribution is 7.93. The number of hydrogen-bond donors (Lipinski definition) is 2. The van der Waals surface area contributed by atoms with Gasteiger partial charge in [0.2, 0.25) is 9.84 Å². The fourth-order valence-corrected chi connectivity index (χ4v) is 7.63. The second kappa shape index (κ2) is 8.45. The minimum Gasteiger partial charge on any atom is -0.338 e. The molecule has 0 saturated carbocycles. The Morgan fingerprint density at radius 1 is 0.622 bits per heavy atom. The fraction of sp³-hybridized carbons (Fsp3) is 0. The summed E-state index contributed by atoms with van der Waals surface area (Å²) < 4.78 is 56.2. The first-order chi connectivity index (χ1) is 17.8. The summed E-state index contributed by atoms with van der Waals surface area (Å²) in [6.07, 6.45) is 0. The van der Waals surface area contributed by atoms with Crippen LogP contribution in [0.2, 0.25) is 0 Å². The highest BCUT2D eigenvalue weighted by atomic mass is 32.2. The van der Waals surface area contributed by atoms with E-state index in [2.05, 4.69) is 4.98 Å². The van der Waals surface area contributed by atoms with Gasteiger partial charge < -0.3 is 4.98 Å². The average Bonchev–Trinajstić information content (AvgIpc) is 3.32. The van der Waals surface area contributed by atoms with E-state index in [-0.39, 0.29) is 20.5 Å². The van der Waals surface area contributed by atoms with Gasteiger partial charge in [-0.15, -0.1) is 0 Å². The SMILES string of the molecule is NN(c1[nH]c2ccccc2c1S(=O)(=O)c1ccc2ccccc2c1)S(=O)(=O)c1cccc2ccccc12. The van der Waals surface area contributed by atoms with Crippen molar-refractivity contribution in [2.45, 2.75) is 14.7 Å². The predicted octanol–water partition coefficient (Wildman–Crippen LogP) is 5.38. The van der Waals surface area contributed by atoms with Crippen molar-refractivity contribution in [3.63, 3.8) is 0 Å². The second-order valence-corrected chi connectivity index (χ2v) is 12.3. The molecule has 5 aromatic carbocycles. The normalized spacial score (nSPS) is 12.4. The van der Waals surface area contributed by atoms with E-state index in [1.54, 1.807) is 66.7 Å². The number of anilines is 1. The lowest BCUT2D eigenvalue weighted by Crippen LogP contribution is -2.38. The summed E-state index contributed by atoms with van der Waals surface area (Å²) in [5.41, 5.74) is 0.445. The summed E-state index contributed by atoms with van der Waals surface area (Å²) in [6, 6.07) is 30.9. The van der Waals surface area contributed by atoms with E-state index in [0.29, 0.717) is 20.7 Å². The molecule has 0 aliphatic rings. The van der Waals surface area contributed by atoms with E-state index in [1.807, 2.05) is 30.3 Å². The molecule has 3 N–H and O–H groups in total. The number of nitrogens with one attached hydrogen (secondary N) is 1. The molecule has 0 saturated heterocycles. The van der Waals surface area contributed by atoms with Gasteiger partial charge in [0.05, 0.1) is 9.79 Å². The van der Waals surface area contributed by atoms with Gasteiger partial charge in [-0.2, -0.15) is 12.8 Å². The van der Waals surface area contributed by atoms with E-state index >= 15 is 0 Å². The van der Waals surface area contributed by atoms with E-state index in [0.717, 1.165) is 16.2 Å². The van der Waals surface area contributed by atoms with Crippen LogP contribution in [0.1, 0.15) is 0 Å². The number of rotatable bonds is 5. The highest BCUT2D eigenvalue weighted by Crippen LogP contribution is 2.39. The molecule has 184 valence electrons. The molecule has 0 aliphatic heterocycles. The molecule has 0 bridgehead atoms. The molecule has 7 nitrogen and oxygen atoms in total. The molecule has 0 spiro atoms. The van der Waals surface area contributed by atoms with Gasteiger partial charge in [0.25, 0.3) is 10.0 Å². The fourth-order valence-electron chi connectivity index (χ4n) is 4.63. The average molecular weight is 528 g/mol. The van der Waals surface area contributed by atoms with Gasteiger partial charge >= 0.3 is 0 Å². The maximum atomic E-state index is 14.1. The van der Waals surface area contributed by atoms with Crippen LogP contribution in [0.15, 0.2) is 124 Å². The van der Waals surface area contributed by atoms with Crippen molar-refractivity contribution in [1.82, 2.24) is 4.98 Å². The van der Waals surface area contributed by atoms with Crippen molar-refractivity contribution < 1.29 is 16.8 Å². The van der Waals surface area contributed by atoms with Gasteiger partial charge in [-0.25, -0.2) is 14.3 Å². The van der Waals surface area contributed by atoms with Crippen molar-refractivity contribution >= 4 is 58.1 Å². The van der Waals surface area contributed by atoms with Crippen LogP contribution in [0.25, 0.3) is 32.4 Å². The predicted molar refractivity (Wildman–Crippen MR) is 145 cm³/mol. The van der Waals surface area contributed by atoms with Crippen molar-refractivity contribution in [1.29, 1.82) is 0 Å². The van der Waals surface area contributed by atoms with Crippen LogP contribution in [0.5, 0.6) is 0 Å². The van der Waals surface area contributed by atoms with Crippen molar-refractivity contribution in [3.05, 3.63) is 109 Å². The number of sulfonamides is 1. The molecule has 0 radical (unpaired) electrons. The minimum atomic E-state index is -4.35. The summed E-state index contributed by atoms with van der Waals surface area (Å²) in [5, 5.41) is 3.18. The Morgan fingerprint density at radius 3 is 2.03 bits per heavy atom. The van der Waals surface area contributed by atoms with Gasteiger partial charge in [0.1, 0.15) is 4.90 Å². The highest BCUT2D eigenvalue weighted by Gasteiger charge is 2.34. The Hall–Kier alpha value is -4.18. The topological polar surface area (TPSA) is 113 Å². The first kappa shape index (κ1) is 23.2. The van der Waals surface area contributed by atoms with Crippen molar-refractivity contribution in [3.8, 4) is 0 Å². The lowest BCUT2D eigenvalue weighted by Gasteiger charge is -2.20. The number of nitrogens with zero attached hydrogens (tertiary/aromatic N) is 1. The van der Waals surface area contributed by atoms with Gasteiger partial charge in [-0.3, -0.25) is 0 Å². The van der Waals surface area contributed by atoms with Gasteiger partial charge in [0.15, 0.2) is 5.82 Å². The molecule has 0 amide bonds. The van der Waals surface area contributed by atoms with Crippen molar-refractivity contribution in [2.24, 2.45) is 5.84 Å². The number of sulfone groups is 1. The van der Waals surface area contributed by atoms with Crippen LogP contribution in [-0.2, 0) is 19.9 Å². The quantitative estimate of drug-likeness (QED) is 0.231. The van der Waals surface area contributed by atoms with Gasteiger partial charge in [-0.05, 0) is 40.4 Å². The first-order valence-electron chi connectivity index (χ1n) is 11.4. The summed E-state index contributed by atoms with van der Waals surface area (Å²) in [5.74, 6) is 6.04. The molecule has 37 heavy (non-hydrogen) atoms. The number of para-hydroxylation sites is 1. The molecule has 0 unspecified atom stereocenters. The molecular weight excluding hydrogens is 506 g/mol. The Bertz CT molecular complexity index is 2040. The molecule has 0 atom stereocenters. The number of fused-ring (bicyclic) bond motifs is 3. The Labute approximate surface area is 213 Å². The molecule has 6 aromatic rings. The monoisotopic (exact) mass is 527 g/mol. The van der Waals surface area contributed by atoms with Crippen LogP contribution in [0.3, 0.4) is 0 Å². The van der Waals surface area contributed by atoms with Crippen LogP contribution in [-0.4, -0.2) is 21.8 Å². The smallest absolute Gasteiger partial charge is 0.279 e. The summed E-state index contributed by atoms with van der Waals surface area (Å²) in [7, 11) is -8.54. The van der Waals surface area contributed by atoms with Crippen LogP contribution >= 0.6 is 0 Å². The zero-order valence-corrected chi connectivity index (χ0v) is 21.0. The number of aromatic amines is 1. The molecule has 9 heteroatoms. The Balaban J connectivity index is 1.58. The molecule has 6 rings (SSSR count). The van der Waals surface area contributed by atoms with Crippen molar-refractivity contribution in [2.75, 3.05) is 4.41 Å². The largest absolute Gasteiger partial charge is 0.338 e. The molecule has 1 heterocycles. The van der Waals surface area contributed by atoms with Gasteiger partial charge in [-0.1, -0.05) is 84.9 Å². The zero-order valence-electron chi connectivity index (χ0n) is 19.4. The molecule has 0 aliphatic carbocycles. The standard InChI is InChI=1S/C28H21N3O4S2/c29-31(37(34,35)26-15-7-11-20-9-3-4-12-23(20)26)28-27(24-13-5-6-14-25(24)30-28)36(32,33)22-17-16-19-8-1-2-10-21(19)18-22/h1-18,30H,29H2.